The van der Waals surface area contributed by atoms with E-state index >= 15 is 0 Å². The maximum Gasteiger partial charge on any atom is 0.000802 e. The first-order chi connectivity index (χ1) is 6.58. The SMILES string of the molecule is CCC(C)CC1(CNCC(C)C)CC1. The topological polar surface area (TPSA) is 12.0 Å². The number of rotatable bonds is 7. The van der Waals surface area contributed by atoms with Crippen molar-refractivity contribution in [3.63, 3.8) is 0 Å². The lowest BCUT2D eigenvalue weighted by molar-refractivity contribution is 0.340. The molecule has 1 fully saturated rings. The summed E-state index contributed by atoms with van der Waals surface area (Å²) in [6, 6.07) is 0. The summed E-state index contributed by atoms with van der Waals surface area (Å²) < 4.78 is 0. The predicted molar refractivity (Wildman–Crippen MR) is 63.4 cm³/mol. The highest BCUT2D eigenvalue weighted by Crippen LogP contribution is 2.50. The highest BCUT2D eigenvalue weighted by Gasteiger charge is 2.42. The molecule has 1 rings (SSSR count). The van der Waals surface area contributed by atoms with Crippen LogP contribution in [0, 0.1) is 17.3 Å². The van der Waals surface area contributed by atoms with Gasteiger partial charge in [0.05, 0.1) is 0 Å². The van der Waals surface area contributed by atoms with Gasteiger partial charge in [0.25, 0.3) is 0 Å². The Kier molecular flexibility index (Phi) is 4.43. The van der Waals surface area contributed by atoms with E-state index in [4.69, 9.17) is 0 Å². The molecule has 1 N–H and O–H groups in total. The molecule has 1 heteroatoms. The molecule has 0 aromatic heterocycles. The van der Waals surface area contributed by atoms with Crippen molar-refractivity contribution in [2.75, 3.05) is 13.1 Å². The zero-order valence-corrected chi connectivity index (χ0v) is 10.4. The third-order valence-electron chi connectivity index (χ3n) is 3.49. The van der Waals surface area contributed by atoms with E-state index < -0.39 is 0 Å². The van der Waals surface area contributed by atoms with Gasteiger partial charge in [0, 0.05) is 6.54 Å². The molecule has 0 saturated heterocycles. The molecule has 0 amide bonds. The fourth-order valence-corrected chi connectivity index (χ4v) is 2.14. The molecule has 0 aromatic rings. The maximum atomic E-state index is 3.62. The second-order valence-electron chi connectivity index (χ2n) is 5.74. The zero-order chi connectivity index (χ0) is 10.6. The van der Waals surface area contributed by atoms with Gasteiger partial charge in [-0.15, -0.1) is 0 Å². The van der Waals surface area contributed by atoms with Gasteiger partial charge in [-0.25, -0.2) is 0 Å². The normalized spacial score (nSPS) is 21.2. The summed E-state index contributed by atoms with van der Waals surface area (Å²) in [7, 11) is 0. The van der Waals surface area contributed by atoms with Crippen LogP contribution in [0.15, 0.2) is 0 Å². The monoisotopic (exact) mass is 197 g/mol. The summed E-state index contributed by atoms with van der Waals surface area (Å²) in [6.07, 6.45) is 5.70. The number of hydrogen-bond acceptors (Lipinski definition) is 1. The fourth-order valence-electron chi connectivity index (χ4n) is 2.14. The molecule has 84 valence electrons. The minimum atomic E-state index is 0.699. The molecule has 0 heterocycles. The van der Waals surface area contributed by atoms with Gasteiger partial charge in [0.15, 0.2) is 0 Å². The first-order valence-electron chi connectivity index (χ1n) is 6.29. The molecule has 1 aliphatic rings. The second-order valence-corrected chi connectivity index (χ2v) is 5.74. The largest absolute Gasteiger partial charge is 0.316 e. The summed E-state index contributed by atoms with van der Waals surface area (Å²) in [5, 5.41) is 3.62. The summed E-state index contributed by atoms with van der Waals surface area (Å²) in [5.41, 5.74) is 0.699. The van der Waals surface area contributed by atoms with Gasteiger partial charge in [-0.05, 0) is 43.1 Å². The van der Waals surface area contributed by atoms with E-state index in [9.17, 15) is 0 Å². The van der Waals surface area contributed by atoms with Gasteiger partial charge < -0.3 is 5.32 Å². The Hall–Kier alpha value is -0.0400. The molecular formula is C13H27N. The molecule has 0 spiro atoms. The fraction of sp³-hybridized carbons (Fsp3) is 1.00. The van der Waals surface area contributed by atoms with Gasteiger partial charge in [-0.3, -0.25) is 0 Å². The van der Waals surface area contributed by atoms with E-state index in [1.807, 2.05) is 0 Å². The van der Waals surface area contributed by atoms with Crippen LogP contribution < -0.4 is 5.32 Å². The van der Waals surface area contributed by atoms with Crippen LogP contribution in [0.5, 0.6) is 0 Å². The maximum absolute atomic E-state index is 3.62. The van der Waals surface area contributed by atoms with Crippen molar-refractivity contribution >= 4 is 0 Å². The van der Waals surface area contributed by atoms with Gasteiger partial charge >= 0.3 is 0 Å². The van der Waals surface area contributed by atoms with Crippen molar-refractivity contribution < 1.29 is 0 Å². The third-order valence-corrected chi connectivity index (χ3v) is 3.49. The average molecular weight is 197 g/mol. The molecule has 1 saturated carbocycles. The summed E-state index contributed by atoms with van der Waals surface area (Å²) in [6.45, 7) is 11.7. The Morgan fingerprint density at radius 2 is 1.86 bits per heavy atom. The minimum Gasteiger partial charge on any atom is -0.316 e. The van der Waals surface area contributed by atoms with Crippen molar-refractivity contribution in [3.05, 3.63) is 0 Å². The summed E-state index contributed by atoms with van der Waals surface area (Å²) in [4.78, 5) is 0. The highest BCUT2D eigenvalue weighted by atomic mass is 14.9. The average Bonchev–Trinajstić information content (AvgIpc) is 2.84. The van der Waals surface area contributed by atoms with E-state index in [1.165, 1.54) is 38.8 Å². The molecule has 0 bridgehead atoms. The molecule has 1 atom stereocenters. The van der Waals surface area contributed by atoms with Crippen molar-refractivity contribution in [3.8, 4) is 0 Å². The van der Waals surface area contributed by atoms with E-state index in [1.54, 1.807) is 0 Å². The molecule has 14 heavy (non-hydrogen) atoms. The number of nitrogens with one attached hydrogen (secondary N) is 1. The lowest BCUT2D eigenvalue weighted by Gasteiger charge is -2.20. The molecule has 0 aromatic carbocycles. The van der Waals surface area contributed by atoms with Crippen LogP contribution in [-0.2, 0) is 0 Å². The van der Waals surface area contributed by atoms with Crippen LogP contribution in [0.3, 0.4) is 0 Å². The summed E-state index contributed by atoms with van der Waals surface area (Å²) in [5.74, 6) is 1.70. The van der Waals surface area contributed by atoms with Gasteiger partial charge in [0.1, 0.15) is 0 Å². The van der Waals surface area contributed by atoms with Crippen LogP contribution in [-0.4, -0.2) is 13.1 Å². The minimum absolute atomic E-state index is 0.699. The van der Waals surface area contributed by atoms with Crippen molar-refractivity contribution in [1.82, 2.24) is 5.32 Å². The first-order valence-corrected chi connectivity index (χ1v) is 6.29. The smallest absolute Gasteiger partial charge is 0.000802 e. The molecular weight excluding hydrogens is 170 g/mol. The first kappa shape index (κ1) is 12.0. The predicted octanol–water partition coefficient (Wildman–Crippen LogP) is 3.45. The van der Waals surface area contributed by atoms with E-state index in [0.29, 0.717) is 5.41 Å². The second kappa shape index (κ2) is 5.16. The Bertz CT molecular complexity index is 159. The van der Waals surface area contributed by atoms with Crippen LogP contribution in [0.2, 0.25) is 0 Å². The van der Waals surface area contributed by atoms with Gasteiger partial charge in [0.2, 0.25) is 0 Å². The highest BCUT2D eigenvalue weighted by molar-refractivity contribution is 4.95. The molecule has 1 nitrogen and oxygen atoms in total. The molecule has 0 radical (unpaired) electrons. The Balaban J connectivity index is 2.15. The van der Waals surface area contributed by atoms with Gasteiger partial charge in [-0.2, -0.15) is 0 Å². The van der Waals surface area contributed by atoms with E-state index in [2.05, 4.69) is 33.0 Å². The third kappa shape index (κ3) is 4.00. The quantitative estimate of drug-likeness (QED) is 0.659. The molecule has 1 aliphatic carbocycles. The zero-order valence-electron chi connectivity index (χ0n) is 10.4. The van der Waals surface area contributed by atoms with E-state index in [-0.39, 0.29) is 0 Å². The molecule has 0 aliphatic heterocycles. The van der Waals surface area contributed by atoms with Crippen molar-refractivity contribution in [2.24, 2.45) is 17.3 Å². The van der Waals surface area contributed by atoms with Crippen molar-refractivity contribution in [2.45, 2.75) is 53.4 Å². The Morgan fingerprint density at radius 1 is 1.21 bits per heavy atom. The van der Waals surface area contributed by atoms with Crippen molar-refractivity contribution in [1.29, 1.82) is 0 Å². The van der Waals surface area contributed by atoms with E-state index in [0.717, 1.165) is 11.8 Å². The lowest BCUT2D eigenvalue weighted by atomic mass is 9.91. The van der Waals surface area contributed by atoms with Crippen LogP contribution in [0.25, 0.3) is 0 Å². The Labute approximate surface area is 89.7 Å². The van der Waals surface area contributed by atoms with Crippen LogP contribution in [0.4, 0.5) is 0 Å². The van der Waals surface area contributed by atoms with Crippen LogP contribution in [0.1, 0.15) is 53.4 Å². The van der Waals surface area contributed by atoms with Crippen LogP contribution >= 0.6 is 0 Å². The lowest BCUT2D eigenvalue weighted by Crippen LogP contribution is -2.28. The number of hydrogen-bond donors (Lipinski definition) is 1. The molecule has 1 unspecified atom stereocenters. The standard InChI is InChI=1S/C13H27N/c1-5-12(4)8-13(6-7-13)10-14-9-11(2)3/h11-12,14H,5-10H2,1-4H3. The Morgan fingerprint density at radius 3 is 2.29 bits per heavy atom. The summed E-state index contributed by atoms with van der Waals surface area (Å²) >= 11 is 0. The van der Waals surface area contributed by atoms with Gasteiger partial charge in [-0.1, -0.05) is 34.1 Å².